The Labute approximate surface area is 86.1 Å². The number of hydrogen-bond donors (Lipinski definition) is 0. The maximum atomic E-state index is 4.96. The normalized spacial score (nSPS) is 4.89. The summed E-state index contributed by atoms with van der Waals surface area (Å²) in [5.41, 5.74) is 0. The first kappa shape index (κ1) is 22.5. The van der Waals surface area contributed by atoms with Crippen molar-refractivity contribution in [2.75, 3.05) is 0 Å². The molecule has 0 saturated carbocycles. The number of terminal acetylenes is 1. The predicted octanol–water partition coefficient (Wildman–Crippen LogP) is -4.56. The van der Waals surface area contributed by atoms with Gasteiger partial charge in [0.2, 0.25) is 0 Å². The van der Waals surface area contributed by atoms with Gasteiger partial charge < -0.3 is 24.8 Å². The van der Waals surface area contributed by atoms with Crippen LogP contribution in [0.15, 0.2) is 0 Å². The van der Waals surface area contributed by atoms with Crippen LogP contribution in [-0.4, -0.2) is 23.1 Å². The molecule has 0 radical (unpaired) electrons. The van der Waals surface area contributed by atoms with Crippen LogP contribution < -0.4 is 24.8 Å². The molecule has 0 rings (SSSR count). The second-order valence-corrected chi connectivity index (χ2v) is 1.31. The van der Waals surface area contributed by atoms with Crippen LogP contribution in [-0.2, 0) is 0 Å². The zero-order valence-electron chi connectivity index (χ0n) is 5.66. The van der Waals surface area contributed by atoms with Gasteiger partial charge in [0.1, 0.15) is 0 Å². The molecule has 9 heavy (non-hydrogen) atoms. The van der Waals surface area contributed by atoms with E-state index in [1.54, 1.807) is 0 Å². The number of hydrogen-bond acceptors (Lipinski definition) is 0. The summed E-state index contributed by atoms with van der Waals surface area (Å²) in [7, 11) is 0. The van der Waals surface area contributed by atoms with Crippen LogP contribution in [0.25, 0.3) is 0 Å². The Kier molecular flexibility index (Phi) is 57.9. The molecule has 0 nitrogen and oxygen atoms in total. The molecule has 0 bridgehead atoms. The molecule has 0 unspecified atom stereocenters. The molecule has 0 N–H and O–H groups in total. The van der Waals surface area contributed by atoms with Crippen molar-refractivity contribution in [3.8, 4) is 12.3 Å². The van der Waals surface area contributed by atoms with Gasteiger partial charge in [-0.3, -0.25) is 0 Å². The average molecular weight is 177 g/mol. The van der Waals surface area contributed by atoms with Gasteiger partial charge in [0, 0.05) is 6.42 Å². The maximum Gasteiger partial charge on any atom is 2.00 e. The summed E-state index contributed by atoms with van der Waals surface area (Å²) in [6.45, 7) is 2.14. The van der Waals surface area contributed by atoms with E-state index in [4.69, 9.17) is 6.42 Å². The summed E-state index contributed by atoms with van der Waals surface area (Å²) in [5.74, 6) is 2.57. The van der Waals surface area contributed by atoms with Crippen LogP contribution in [0.3, 0.4) is 0 Å². The van der Waals surface area contributed by atoms with Crippen molar-refractivity contribution in [3.05, 3.63) is 0 Å². The number of halogens is 2. The monoisotopic (exact) mass is 176 g/mol. The van der Waals surface area contributed by atoms with E-state index in [0.717, 1.165) is 6.42 Å². The Hall–Kier alpha value is 0.906. The van der Waals surface area contributed by atoms with Gasteiger partial charge in [-0.15, -0.1) is 12.3 Å². The first-order valence-corrected chi connectivity index (χ1v) is 2.35. The fraction of sp³-hybridized carbons (Fsp3) is 0.667. The van der Waals surface area contributed by atoms with Crippen LogP contribution in [0.2, 0.25) is 0 Å². The van der Waals surface area contributed by atoms with Crippen molar-refractivity contribution in [3.63, 3.8) is 0 Å². The second-order valence-electron chi connectivity index (χ2n) is 1.31. The Morgan fingerprint density at radius 2 is 1.78 bits per heavy atom. The molecule has 0 aliphatic carbocycles. The predicted molar refractivity (Wildman–Crippen MR) is 34.1 cm³/mol. The Balaban J connectivity index is -0.0000000417. The standard InChI is InChI=1S/C6H10.2ClH.Mg/c1-3-5-6-4-2;;;/h1H,4-6H2,2H3;2*1H;/q;;;+2/p-2. The van der Waals surface area contributed by atoms with Gasteiger partial charge in [0.15, 0.2) is 0 Å². The summed E-state index contributed by atoms with van der Waals surface area (Å²) in [5, 5.41) is 0. The summed E-state index contributed by atoms with van der Waals surface area (Å²) >= 11 is 0. The molecule has 50 valence electrons. The van der Waals surface area contributed by atoms with Gasteiger partial charge >= 0.3 is 23.1 Å². The third kappa shape index (κ3) is 27.8. The molecule has 0 aromatic rings. The minimum Gasteiger partial charge on any atom is -1.00 e. The van der Waals surface area contributed by atoms with Crippen LogP contribution in [0.4, 0.5) is 0 Å². The van der Waals surface area contributed by atoms with E-state index in [0.29, 0.717) is 0 Å². The molecular weight excluding hydrogens is 167 g/mol. The van der Waals surface area contributed by atoms with E-state index < -0.39 is 0 Å². The molecule has 0 heterocycles. The van der Waals surface area contributed by atoms with E-state index in [2.05, 4.69) is 12.8 Å². The van der Waals surface area contributed by atoms with Crippen molar-refractivity contribution >= 4 is 23.1 Å². The molecule has 0 aromatic heterocycles. The van der Waals surface area contributed by atoms with Gasteiger partial charge in [-0.25, -0.2) is 0 Å². The summed E-state index contributed by atoms with van der Waals surface area (Å²) in [6, 6.07) is 0. The minimum absolute atomic E-state index is 0. The van der Waals surface area contributed by atoms with Crippen molar-refractivity contribution in [1.82, 2.24) is 0 Å². The zero-order valence-corrected chi connectivity index (χ0v) is 8.59. The third-order valence-corrected chi connectivity index (χ3v) is 0.675. The van der Waals surface area contributed by atoms with Gasteiger partial charge in [-0.2, -0.15) is 0 Å². The molecule has 0 amide bonds. The van der Waals surface area contributed by atoms with E-state index in [1.165, 1.54) is 12.8 Å². The minimum atomic E-state index is 0. The zero-order chi connectivity index (χ0) is 4.83. The Bertz CT molecular complexity index is 58.6. The molecule has 0 spiro atoms. The number of rotatable bonds is 2. The molecule has 0 aliphatic rings. The maximum absolute atomic E-state index is 4.96. The molecule has 0 saturated heterocycles. The van der Waals surface area contributed by atoms with E-state index >= 15 is 0 Å². The Morgan fingerprint density at radius 3 is 1.89 bits per heavy atom. The SMILES string of the molecule is C#CCCCC.[Cl-].[Cl-].[Mg+2]. The van der Waals surface area contributed by atoms with Crippen molar-refractivity contribution in [1.29, 1.82) is 0 Å². The summed E-state index contributed by atoms with van der Waals surface area (Å²) in [6.07, 6.45) is 8.30. The van der Waals surface area contributed by atoms with Crippen LogP contribution in [0.5, 0.6) is 0 Å². The molecule has 0 fully saturated rings. The first-order chi connectivity index (χ1) is 2.91. The van der Waals surface area contributed by atoms with Gasteiger partial charge in [0.25, 0.3) is 0 Å². The van der Waals surface area contributed by atoms with Crippen molar-refractivity contribution in [2.24, 2.45) is 0 Å². The number of unbranched alkanes of at least 4 members (excludes halogenated alkanes) is 2. The van der Waals surface area contributed by atoms with Crippen LogP contribution >= 0.6 is 0 Å². The molecular formula is C6H10Cl2Mg. The van der Waals surface area contributed by atoms with E-state index in [-0.39, 0.29) is 47.9 Å². The molecule has 0 aromatic carbocycles. The van der Waals surface area contributed by atoms with Gasteiger partial charge in [-0.1, -0.05) is 13.3 Å². The largest absolute Gasteiger partial charge is 2.00 e. The quantitative estimate of drug-likeness (QED) is 0.226. The van der Waals surface area contributed by atoms with Gasteiger partial charge in [-0.05, 0) is 6.42 Å². The fourth-order valence-electron chi connectivity index (χ4n) is 0.279. The van der Waals surface area contributed by atoms with Gasteiger partial charge in [0.05, 0.1) is 0 Å². The first-order valence-electron chi connectivity index (χ1n) is 2.35. The Morgan fingerprint density at radius 1 is 1.33 bits per heavy atom. The smallest absolute Gasteiger partial charge is 1.00 e. The summed E-state index contributed by atoms with van der Waals surface area (Å²) in [4.78, 5) is 0. The summed E-state index contributed by atoms with van der Waals surface area (Å²) < 4.78 is 0. The van der Waals surface area contributed by atoms with Crippen molar-refractivity contribution < 1.29 is 24.8 Å². The van der Waals surface area contributed by atoms with E-state index in [9.17, 15) is 0 Å². The fourth-order valence-corrected chi connectivity index (χ4v) is 0.279. The average Bonchev–Trinajstić information content (AvgIpc) is 1.61. The van der Waals surface area contributed by atoms with Crippen LogP contribution in [0, 0.1) is 12.3 Å². The molecule has 3 heteroatoms. The topological polar surface area (TPSA) is 0 Å². The van der Waals surface area contributed by atoms with Crippen LogP contribution in [0.1, 0.15) is 26.2 Å². The second kappa shape index (κ2) is 23.1. The molecule has 0 aliphatic heterocycles. The van der Waals surface area contributed by atoms with E-state index in [1.807, 2.05) is 0 Å². The molecule has 0 atom stereocenters. The van der Waals surface area contributed by atoms with Crippen molar-refractivity contribution in [2.45, 2.75) is 26.2 Å². The third-order valence-electron chi connectivity index (χ3n) is 0.675.